The van der Waals surface area contributed by atoms with Gasteiger partial charge in [0.15, 0.2) is 9.69 Å². The van der Waals surface area contributed by atoms with Crippen LogP contribution in [0.1, 0.15) is 6.92 Å². The van der Waals surface area contributed by atoms with E-state index in [9.17, 15) is 18.0 Å². The summed E-state index contributed by atoms with van der Waals surface area (Å²) in [7, 11) is -4.38. The van der Waals surface area contributed by atoms with Crippen LogP contribution in [0.25, 0.3) is 0 Å². The molecule has 1 heterocycles. The first-order valence-electron chi connectivity index (χ1n) is 4.00. The molecule has 2 N–H and O–H groups in total. The minimum Gasteiger partial charge on any atom is -0.319 e. The number of thioether (sulfide) groups is 1. The van der Waals surface area contributed by atoms with Gasteiger partial charge in [0.05, 0.1) is 5.75 Å². The van der Waals surface area contributed by atoms with Crippen molar-refractivity contribution >= 4 is 50.4 Å². The third-order valence-corrected chi connectivity index (χ3v) is 4.10. The quantitative estimate of drug-likeness (QED) is 0.534. The molecule has 1 unspecified atom stereocenters. The van der Waals surface area contributed by atoms with E-state index in [-0.39, 0.29) is 10.1 Å². The molecule has 0 spiro atoms. The highest BCUT2D eigenvalue weighted by atomic mass is 32.2. The Morgan fingerprint density at radius 3 is 2.62 bits per heavy atom. The molecule has 0 aliphatic carbocycles. The number of thiocarbonyl (C=S) groups is 1. The van der Waals surface area contributed by atoms with Gasteiger partial charge >= 0.3 is 6.03 Å². The summed E-state index contributed by atoms with van der Waals surface area (Å²) in [6.07, 6.45) is 0. The van der Waals surface area contributed by atoms with Crippen molar-refractivity contribution in [1.82, 2.24) is 10.2 Å². The fraction of sp³-hybridized carbons (Fsp3) is 0.500. The number of rotatable bonds is 2. The van der Waals surface area contributed by atoms with E-state index in [1.165, 1.54) is 0 Å². The van der Waals surface area contributed by atoms with Crippen LogP contribution in [-0.2, 0) is 14.9 Å². The van der Waals surface area contributed by atoms with Crippen LogP contribution in [0.5, 0.6) is 0 Å². The van der Waals surface area contributed by atoms with E-state index in [1.807, 2.05) is 5.32 Å². The van der Waals surface area contributed by atoms with Gasteiger partial charge in [-0.05, 0) is 6.92 Å². The third-order valence-electron chi connectivity index (χ3n) is 1.73. The van der Waals surface area contributed by atoms with Gasteiger partial charge in [-0.1, -0.05) is 24.0 Å². The molecule has 16 heavy (non-hydrogen) atoms. The Morgan fingerprint density at radius 2 is 2.25 bits per heavy atom. The Bertz CT molecular complexity index is 429. The van der Waals surface area contributed by atoms with Gasteiger partial charge in [0.25, 0.3) is 10.1 Å². The van der Waals surface area contributed by atoms with Crippen LogP contribution in [0, 0.1) is 0 Å². The first kappa shape index (κ1) is 13.4. The van der Waals surface area contributed by atoms with Crippen molar-refractivity contribution in [3.63, 3.8) is 0 Å². The zero-order valence-electron chi connectivity index (χ0n) is 8.04. The van der Waals surface area contributed by atoms with Gasteiger partial charge in [0, 0.05) is 0 Å². The topological polar surface area (TPSA) is 104 Å². The SMILES string of the molecule is CC(NC(=O)N1C(=O)CSC1=S)S(=O)(=O)O. The standard InChI is InChI=1S/C6H8N2O5S3/c1-3(16(11,12)13)7-5(10)8-4(9)2-15-6(8)14/h3H,2H2,1H3,(H,7,10)(H,11,12,13). The summed E-state index contributed by atoms with van der Waals surface area (Å²) in [6.45, 7) is 1.07. The maximum absolute atomic E-state index is 11.4. The average molecular weight is 284 g/mol. The molecular weight excluding hydrogens is 276 g/mol. The van der Waals surface area contributed by atoms with Crippen molar-refractivity contribution in [3.8, 4) is 0 Å². The van der Waals surface area contributed by atoms with Crippen LogP contribution in [-0.4, -0.2) is 45.3 Å². The molecule has 1 atom stereocenters. The fourth-order valence-electron chi connectivity index (χ4n) is 0.863. The molecular formula is C6H8N2O5S3. The largest absolute Gasteiger partial charge is 0.330 e. The lowest BCUT2D eigenvalue weighted by atomic mass is 10.6. The molecule has 1 aliphatic rings. The number of urea groups is 1. The Labute approximate surface area is 101 Å². The van der Waals surface area contributed by atoms with Gasteiger partial charge in [-0.25, -0.2) is 9.69 Å². The first-order chi connectivity index (χ1) is 7.23. The van der Waals surface area contributed by atoms with E-state index in [2.05, 4.69) is 0 Å². The fourth-order valence-corrected chi connectivity index (χ4v) is 2.16. The molecule has 0 aromatic carbocycles. The van der Waals surface area contributed by atoms with Crippen LogP contribution in [0.2, 0.25) is 0 Å². The van der Waals surface area contributed by atoms with Gasteiger partial charge in [-0.3, -0.25) is 9.35 Å². The van der Waals surface area contributed by atoms with Crippen molar-refractivity contribution in [2.24, 2.45) is 0 Å². The number of imide groups is 1. The van der Waals surface area contributed by atoms with E-state index < -0.39 is 27.4 Å². The normalized spacial score (nSPS) is 18.8. The lowest BCUT2D eigenvalue weighted by molar-refractivity contribution is -0.122. The smallest absolute Gasteiger partial charge is 0.319 e. The Hall–Kier alpha value is -0.710. The monoisotopic (exact) mass is 284 g/mol. The summed E-state index contributed by atoms with van der Waals surface area (Å²) in [4.78, 5) is 23.3. The number of nitrogens with zero attached hydrogens (tertiary/aromatic N) is 1. The van der Waals surface area contributed by atoms with Gasteiger partial charge in [0.1, 0.15) is 0 Å². The van der Waals surface area contributed by atoms with E-state index in [0.29, 0.717) is 4.90 Å². The third kappa shape index (κ3) is 2.90. The molecule has 0 aromatic heterocycles. The van der Waals surface area contributed by atoms with Crippen molar-refractivity contribution in [1.29, 1.82) is 0 Å². The van der Waals surface area contributed by atoms with E-state index >= 15 is 0 Å². The molecule has 1 rings (SSSR count). The maximum Gasteiger partial charge on any atom is 0.330 e. The van der Waals surface area contributed by atoms with Gasteiger partial charge < -0.3 is 5.32 Å². The molecule has 90 valence electrons. The Balaban J connectivity index is 2.73. The second kappa shape index (κ2) is 4.65. The van der Waals surface area contributed by atoms with E-state index in [4.69, 9.17) is 16.8 Å². The van der Waals surface area contributed by atoms with Gasteiger partial charge in [-0.15, -0.1) is 0 Å². The minimum absolute atomic E-state index is 0.0481. The lowest BCUT2D eigenvalue weighted by Gasteiger charge is -2.16. The molecule has 0 radical (unpaired) electrons. The molecule has 10 heteroatoms. The number of hydrogen-bond donors (Lipinski definition) is 2. The minimum atomic E-state index is -4.38. The lowest BCUT2D eigenvalue weighted by Crippen LogP contribution is -2.48. The number of nitrogens with one attached hydrogen (secondary N) is 1. The summed E-state index contributed by atoms with van der Waals surface area (Å²) in [6, 6.07) is -0.954. The van der Waals surface area contributed by atoms with Crippen LogP contribution < -0.4 is 5.32 Å². The molecule has 1 aliphatic heterocycles. The van der Waals surface area contributed by atoms with Crippen LogP contribution >= 0.6 is 24.0 Å². The first-order valence-corrected chi connectivity index (χ1v) is 6.89. The molecule has 0 bridgehead atoms. The summed E-state index contributed by atoms with van der Waals surface area (Å²) in [5.74, 6) is -0.470. The second-order valence-electron chi connectivity index (χ2n) is 2.89. The van der Waals surface area contributed by atoms with Crippen LogP contribution in [0.4, 0.5) is 4.79 Å². The van der Waals surface area contributed by atoms with Crippen molar-refractivity contribution < 1.29 is 22.6 Å². The zero-order valence-corrected chi connectivity index (χ0v) is 10.5. The number of carbonyl (C=O) groups excluding carboxylic acids is 2. The Morgan fingerprint density at radius 1 is 1.69 bits per heavy atom. The van der Waals surface area contributed by atoms with E-state index in [1.54, 1.807) is 0 Å². The predicted octanol–water partition coefficient (Wildman–Crippen LogP) is -0.210. The Kier molecular flexibility index (Phi) is 3.88. The van der Waals surface area contributed by atoms with Gasteiger partial charge in [0.2, 0.25) is 5.91 Å². The maximum atomic E-state index is 11.4. The van der Waals surface area contributed by atoms with E-state index in [0.717, 1.165) is 18.7 Å². The highest BCUT2D eigenvalue weighted by molar-refractivity contribution is 8.24. The molecule has 0 saturated carbocycles. The second-order valence-corrected chi connectivity index (χ2v) is 6.24. The van der Waals surface area contributed by atoms with Crippen LogP contribution in [0.15, 0.2) is 0 Å². The summed E-state index contributed by atoms with van der Waals surface area (Å²) >= 11 is 5.75. The van der Waals surface area contributed by atoms with Gasteiger partial charge in [-0.2, -0.15) is 8.42 Å². The number of carbonyl (C=O) groups is 2. The summed E-state index contributed by atoms with van der Waals surface area (Å²) in [5.41, 5.74) is 0. The molecule has 1 saturated heterocycles. The average Bonchev–Trinajstić information content (AvgIpc) is 2.44. The van der Waals surface area contributed by atoms with Crippen LogP contribution in [0.3, 0.4) is 0 Å². The summed E-state index contributed by atoms with van der Waals surface area (Å²) in [5, 5.41) is 0.451. The molecule has 7 nitrogen and oxygen atoms in total. The van der Waals surface area contributed by atoms with Crippen molar-refractivity contribution in [2.75, 3.05) is 5.75 Å². The van der Waals surface area contributed by atoms with Crippen molar-refractivity contribution in [3.05, 3.63) is 0 Å². The predicted molar refractivity (Wildman–Crippen MR) is 61.4 cm³/mol. The zero-order chi connectivity index (χ0) is 12.5. The number of amides is 3. The number of hydrogen-bond acceptors (Lipinski definition) is 6. The highest BCUT2D eigenvalue weighted by Crippen LogP contribution is 2.19. The molecule has 0 aromatic rings. The molecule has 3 amide bonds. The van der Waals surface area contributed by atoms with Crippen molar-refractivity contribution in [2.45, 2.75) is 12.3 Å². The summed E-state index contributed by atoms with van der Waals surface area (Å²) < 4.78 is 30.0. The molecule has 1 fully saturated rings. The highest BCUT2D eigenvalue weighted by Gasteiger charge is 2.34.